The first-order chi connectivity index (χ1) is 13.4. The van der Waals surface area contributed by atoms with Crippen LogP contribution in [0.3, 0.4) is 0 Å². The molecule has 0 aliphatic carbocycles. The van der Waals surface area contributed by atoms with E-state index in [0.29, 0.717) is 18.8 Å². The van der Waals surface area contributed by atoms with Gasteiger partial charge in [-0.05, 0) is 52.7 Å². The zero-order valence-corrected chi connectivity index (χ0v) is 16.6. The Balaban J connectivity index is 1.91. The third-order valence-corrected chi connectivity index (χ3v) is 4.60. The van der Waals surface area contributed by atoms with Crippen molar-refractivity contribution in [1.29, 1.82) is 0 Å². The Morgan fingerprint density at radius 2 is 1.93 bits per heavy atom. The van der Waals surface area contributed by atoms with E-state index in [-0.39, 0.29) is 11.4 Å². The Morgan fingerprint density at radius 1 is 1.24 bits per heavy atom. The van der Waals surface area contributed by atoms with E-state index in [9.17, 15) is 18.0 Å². The molecule has 2 heterocycles. The summed E-state index contributed by atoms with van der Waals surface area (Å²) in [6.07, 6.45) is -3.96. The second-order valence-corrected chi connectivity index (χ2v) is 8.06. The standard InChI is InChI=1S/C19H23F3N4O3/c1-17(2,3)29-16(27)26-11-7-10-18(26,4)15-23-14(24-25-15)12-8-5-6-9-13(12)28-19(20,21)22/h5-6,8-9H,7,10-11H2,1-4H3,(H,23,24,25). The zero-order valence-electron chi connectivity index (χ0n) is 16.6. The molecule has 1 atom stereocenters. The van der Waals surface area contributed by atoms with Crippen LogP contribution in [0.25, 0.3) is 11.4 Å². The van der Waals surface area contributed by atoms with E-state index in [1.807, 2.05) is 6.92 Å². The van der Waals surface area contributed by atoms with Gasteiger partial charge >= 0.3 is 12.5 Å². The van der Waals surface area contributed by atoms with Crippen molar-refractivity contribution in [3.05, 3.63) is 30.1 Å². The van der Waals surface area contributed by atoms with Gasteiger partial charge in [-0.3, -0.25) is 10.00 Å². The third kappa shape index (κ3) is 4.63. The first kappa shape index (κ1) is 20.9. The van der Waals surface area contributed by atoms with Crippen molar-refractivity contribution < 1.29 is 27.4 Å². The lowest BCUT2D eigenvalue weighted by atomic mass is 9.98. The number of aromatic nitrogens is 3. The number of halogens is 3. The van der Waals surface area contributed by atoms with Crippen molar-refractivity contribution in [3.8, 4) is 17.1 Å². The van der Waals surface area contributed by atoms with Crippen LogP contribution in [0.4, 0.5) is 18.0 Å². The average Bonchev–Trinajstić information content (AvgIpc) is 3.20. The molecule has 3 rings (SSSR count). The second kappa shape index (κ2) is 7.23. The van der Waals surface area contributed by atoms with Gasteiger partial charge in [-0.2, -0.15) is 5.10 Å². The molecule has 7 nitrogen and oxygen atoms in total. The second-order valence-electron chi connectivity index (χ2n) is 8.06. The minimum absolute atomic E-state index is 0.0529. The van der Waals surface area contributed by atoms with Crippen molar-refractivity contribution in [3.63, 3.8) is 0 Å². The van der Waals surface area contributed by atoms with Gasteiger partial charge in [-0.1, -0.05) is 12.1 Å². The number of ether oxygens (including phenoxy) is 2. The van der Waals surface area contributed by atoms with Crippen LogP contribution >= 0.6 is 0 Å². The fourth-order valence-corrected chi connectivity index (χ4v) is 3.31. The molecule has 1 aromatic heterocycles. The van der Waals surface area contributed by atoms with Crippen molar-refractivity contribution in [2.75, 3.05) is 6.54 Å². The number of carbonyl (C=O) groups is 1. The lowest BCUT2D eigenvalue weighted by Gasteiger charge is -2.34. The molecule has 1 N–H and O–H groups in total. The predicted octanol–water partition coefficient (Wildman–Crippen LogP) is 4.62. The lowest BCUT2D eigenvalue weighted by Crippen LogP contribution is -2.46. The van der Waals surface area contributed by atoms with Crippen LogP contribution in [0.2, 0.25) is 0 Å². The molecule has 158 valence electrons. The van der Waals surface area contributed by atoms with Gasteiger partial charge in [0.25, 0.3) is 0 Å². The Labute approximate surface area is 166 Å². The summed E-state index contributed by atoms with van der Waals surface area (Å²) in [5, 5.41) is 6.85. The molecule has 10 heteroatoms. The van der Waals surface area contributed by atoms with Crippen LogP contribution in [0.15, 0.2) is 24.3 Å². The topological polar surface area (TPSA) is 80.3 Å². The number of nitrogens with zero attached hydrogens (tertiary/aromatic N) is 3. The summed E-state index contributed by atoms with van der Waals surface area (Å²) in [5.41, 5.74) is -1.37. The third-order valence-electron chi connectivity index (χ3n) is 4.60. The van der Waals surface area contributed by atoms with Gasteiger partial charge in [0, 0.05) is 6.54 Å². The Bertz CT molecular complexity index is 891. The largest absolute Gasteiger partial charge is 0.573 e. The highest BCUT2D eigenvalue weighted by Gasteiger charge is 2.45. The van der Waals surface area contributed by atoms with Crippen molar-refractivity contribution in [2.24, 2.45) is 0 Å². The molecule has 1 aromatic carbocycles. The molecular weight excluding hydrogens is 389 g/mol. The van der Waals surface area contributed by atoms with Crippen LogP contribution in [-0.2, 0) is 10.3 Å². The minimum atomic E-state index is -4.83. The maximum atomic E-state index is 12.7. The number of aromatic amines is 1. The number of carbonyl (C=O) groups excluding carboxylic acids is 1. The first-order valence-corrected chi connectivity index (χ1v) is 9.18. The molecule has 1 fully saturated rings. The monoisotopic (exact) mass is 412 g/mol. The minimum Gasteiger partial charge on any atom is -0.444 e. The smallest absolute Gasteiger partial charge is 0.444 e. The van der Waals surface area contributed by atoms with E-state index in [2.05, 4.69) is 19.9 Å². The fourth-order valence-electron chi connectivity index (χ4n) is 3.31. The number of H-pyrrole nitrogens is 1. The van der Waals surface area contributed by atoms with E-state index >= 15 is 0 Å². The van der Waals surface area contributed by atoms with Crippen molar-refractivity contribution in [2.45, 2.75) is 58.0 Å². The molecule has 0 bridgehead atoms. The van der Waals surface area contributed by atoms with Crippen LogP contribution < -0.4 is 4.74 Å². The summed E-state index contributed by atoms with van der Waals surface area (Å²) in [7, 11) is 0. The van der Waals surface area contributed by atoms with Gasteiger partial charge in [0.05, 0.1) is 5.56 Å². The number of hydrogen-bond acceptors (Lipinski definition) is 5. The van der Waals surface area contributed by atoms with Crippen LogP contribution in [0, 0.1) is 0 Å². The molecule has 1 aliphatic heterocycles. The fraction of sp³-hybridized carbons (Fsp3) is 0.526. The molecule has 0 radical (unpaired) electrons. The number of likely N-dealkylation sites (tertiary alicyclic amines) is 1. The maximum Gasteiger partial charge on any atom is 0.573 e. The molecule has 1 unspecified atom stereocenters. The zero-order chi connectivity index (χ0) is 21.4. The average molecular weight is 412 g/mol. The highest BCUT2D eigenvalue weighted by Crippen LogP contribution is 2.39. The summed E-state index contributed by atoms with van der Waals surface area (Å²) in [4.78, 5) is 18.6. The number of benzene rings is 1. The number of amides is 1. The van der Waals surface area contributed by atoms with Gasteiger partial charge in [0.2, 0.25) is 0 Å². The summed E-state index contributed by atoms with van der Waals surface area (Å²) < 4.78 is 47.7. The van der Waals surface area contributed by atoms with Crippen molar-refractivity contribution in [1.82, 2.24) is 20.1 Å². The molecule has 29 heavy (non-hydrogen) atoms. The van der Waals surface area contributed by atoms with E-state index in [1.165, 1.54) is 18.2 Å². The summed E-state index contributed by atoms with van der Waals surface area (Å²) >= 11 is 0. The molecule has 1 amide bonds. The number of para-hydroxylation sites is 1. The molecule has 1 saturated heterocycles. The number of nitrogens with one attached hydrogen (secondary N) is 1. The Morgan fingerprint density at radius 3 is 2.59 bits per heavy atom. The van der Waals surface area contributed by atoms with Crippen LogP contribution in [-0.4, -0.2) is 44.7 Å². The molecule has 0 saturated carbocycles. The number of hydrogen-bond donors (Lipinski definition) is 1. The van der Waals surface area contributed by atoms with Gasteiger partial charge in [-0.15, -0.1) is 13.2 Å². The van der Waals surface area contributed by atoms with Crippen LogP contribution in [0.1, 0.15) is 46.4 Å². The number of rotatable bonds is 3. The Kier molecular flexibility index (Phi) is 5.22. The van der Waals surface area contributed by atoms with E-state index < -0.39 is 29.3 Å². The predicted molar refractivity (Wildman–Crippen MR) is 98.0 cm³/mol. The van der Waals surface area contributed by atoms with Gasteiger partial charge in [-0.25, -0.2) is 9.78 Å². The van der Waals surface area contributed by atoms with Gasteiger partial charge < -0.3 is 9.47 Å². The normalized spacial score (nSPS) is 20.0. The van der Waals surface area contributed by atoms with Crippen molar-refractivity contribution >= 4 is 6.09 Å². The molecular formula is C19H23F3N4O3. The highest BCUT2D eigenvalue weighted by atomic mass is 19.4. The van der Waals surface area contributed by atoms with E-state index in [1.54, 1.807) is 31.7 Å². The van der Waals surface area contributed by atoms with Gasteiger partial charge in [0.1, 0.15) is 16.9 Å². The van der Waals surface area contributed by atoms with E-state index in [4.69, 9.17) is 4.74 Å². The Hall–Kier alpha value is -2.78. The molecule has 2 aromatic rings. The summed E-state index contributed by atoms with van der Waals surface area (Å²) in [6, 6.07) is 5.64. The van der Waals surface area contributed by atoms with Crippen LogP contribution in [0.5, 0.6) is 5.75 Å². The number of alkyl halides is 3. The first-order valence-electron chi connectivity index (χ1n) is 9.18. The SMILES string of the molecule is CC(C)(C)OC(=O)N1CCCC1(C)c1nc(-c2ccccc2OC(F)(F)F)n[nH]1. The quantitative estimate of drug-likeness (QED) is 0.796. The molecule has 0 spiro atoms. The maximum absolute atomic E-state index is 12.7. The van der Waals surface area contributed by atoms with E-state index in [0.717, 1.165) is 6.42 Å². The highest BCUT2D eigenvalue weighted by molar-refractivity contribution is 5.70. The molecule has 1 aliphatic rings. The van der Waals surface area contributed by atoms with Gasteiger partial charge in [0.15, 0.2) is 11.6 Å². The summed E-state index contributed by atoms with van der Waals surface area (Å²) in [5.74, 6) is 0.0286. The summed E-state index contributed by atoms with van der Waals surface area (Å²) in [6.45, 7) is 7.65. The lowest BCUT2D eigenvalue weighted by molar-refractivity contribution is -0.274.